The molecular formula is C13H21N3O. The molecule has 0 saturated heterocycles. The molecule has 1 heterocycles. The number of aromatic nitrogens is 2. The maximum Gasteiger partial charge on any atom is 0.0639 e. The molecule has 4 heteroatoms. The quantitative estimate of drug-likeness (QED) is 0.792. The highest BCUT2D eigenvalue weighted by atomic mass is 16.5. The first kappa shape index (κ1) is 12.3. The third-order valence-electron chi connectivity index (χ3n) is 3.16. The highest BCUT2D eigenvalue weighted by Gasteiger charge is 2.14. The van der Waals surface area contributed by atoms with E-state index in [0.29, 0.717) is 0 Å². The fourth-order valence-electron chi connectivity index (χ4n) is 2.31. The van der Waals surface area contributed by atoms with Crippen LogP contribution in [-0.4, -0.2) is 29.5 Å². The normalized spacial score (nSPS) is 20.4. The first-order valence-electron chi connectivity index (χ1n) is 6.28. The molecule has 0 fully saturated rings. The van der Waals surface area contributed by atoms with Crippen molar-refractivity contribution < 1.29 is 4.74 Å². The molecule has 0 amide bonds. The van der Waals surface area contributed by atoms with Crippen LogP contribution in [0.1, 0.15) is 31.4 Å². The summed E-state index contributed by atoms with van der Waals surface area (Å²) in [7, 11) is 1.73. The van der Waals surface area contributed by atoms with E-state index in [0.717, 1.165) is 32.4 Å². The van der Waals surface area contributed by atoms with Gasteiger partial charge in [0.2, 0.25) is 0 Å². The van der Waals surface area contributed by atoms with Crippen LogP contribution in [0.5, 0.6) is 0 Å². The molecule has 0 bridgehead atoms. The summed E-state index contributed by atoms with van der Waals surface area (Å²) < 4.78 is 7.13. The van der Waals surface area contributed by atoms with E-state index in [2.05, 4.69) is 21.9 Å². The van der Waals surface area contributed by atoms with Gasteiger partial charge in [0, 0.05) is 32.5 Å². The minimum absolute atomic E-state index is 0.209. The molecule has 4 nitrogen and oxygen atoms in total. The molecule has 94 valence electrons. The van der Waals surface area contributed by atoms with Gasteiger partial charge in [0.05, 0.1) is 5.69 Å². The van der Waals surface area contributed by atoms with Crippen LogP contribution in [0.15, 0.2) is 18.3 Å². The summed E-state index contributed by atoms with van der Waals surface area (Å²) in [6.45, 7) is 1.68. The van der Waals surface area contributed by atoms with Gasteiger partial charge in [-0.05, 0) is 37.3 Å². The summed E-state index contributed by atoms with van der Waals surface area (Å²) in [6.07, 6.45) is 8.43. The molecule has 1 aliphatic rings. The second-order valence-electron chi connectivity index (χ2n) is 4.53. The number of hydrogen-bond acceptors (Lipinski definition) is 3. The van der Waals surface area contributed by atoms with Gasteiger partial charge in [-0.2, -0.15) is 5.10 Å². The molecule has 17 heavy (non-hydrogen) atoms. The van der Waals surface area contributed by atoms with Gasteiger partial charge >= 0.3 is 0 Å². The van der Waals surface area contributed by atoms with E-state index in [4.69, 9.17) is 10.5 Å². The van der Waals surface area contributed by atoms with E-state index in [1.807, 2.05) is 6.20 Å². The largest absolute Gasteiger partial charge is 0.385 e. The van der Waals surface area contributed by atoms with Gasteiger partial charge in [-0.25, -0.2) is 0 Å². The lowest BCUT2D eigenvalue weighted by atomic mass is 9.94. The summed E-state index contributed by atoms with van der Waals surface area (Å²) in [4.78, 5) is 0. The SMILES string of the molecule is COCCCn1nccc1C1=CC(N)CCC1. The Balaban J connectivity index is 2.07. The fourth-order valence-corrected chi connectivity index (χ4v) is 2.31. The number of nitrogens with zero attached hydrogens (tertiary/aromatic N) is 2. The summed E-state index contributed by atoms with van der Waals surface area (Å²) >= 11 is 0. The van der Waals surface area contributed by atoms with Crippen molar-refractivity contribution in [2.24, 2.45) is 5.73 Å². The molecular weight excluding hydrogens is 214 g/mol. The van der Waals surface area contributed by atoms with Gasteiger partial charge in [-0.3, -0.25) is 4.68 Å². The third-order valence-corrected chi connectivity index (χ3v) is 3.16. The summed E-state index contributed by atoms with van der Waals surface area (Å²) in [6, 6.07) is 2.29. The Morgan fingerprint density at radius 3 is 3.24 bits per heavy atom. The van der Waals surface area contributed by atoms with Crippen LogP contribution in [0.3, 0.4) is 0 Å². The lowest BCUT2D eigenvalue weighted by Gasteiger charge is -2.18. The fraction of sp³-hybridized carbons (Fsp3) is 0.615. The summed E-state index contributed by atoms with van der Waals surface area (Å²) in [5.74, 6) is 0. The Morgan fingerprint density at radius 1 is 1.59 bits per heavy atom. The first-order chi connectivity index (χ1) is 8.31. The second kappa shape index (κ2) is 5.98. The Hall–Kier alpha value is -1.13. The highest BCUT2D eigenvalue weighted by molar-refractivity contribution is 5.64. The van der Waals surface area contributed by atoms with E-state index in [1.54, 1.807) is 7.11 Å². The van der Waals surface area contributed by atoms with Crippen molar-refractivity contribution in [2.45, 2.75) is 38.3 Å². The lowest BCUT2D eigenvalue weighted by molar-refractivity contribution is 0.189. The molecule has 0 radical (unpaired) electrons. The van der Waals surface area contributed by atoms with Crippen LogP contribution in [0.2, 0.25) is 0 Å². The number of rotatable bonds is 5. The van der Waals surface area contributed by atoms with Gasteiger partial charge in [-0.15, -0.1) is 0 Å². The Labute approximate surface area is 102 Å². The molecule has 1 atom stereocenters. The number of ether oxygens (including phenoxy) is 1. The Morgan fingerprint density at radius 2 is 2.47 bits per heavy atom. The maximum atomic E-state index is 5.98. The number of allylic oxidation sites excluding steroid dienone is 1. The van der Waals surface area contributed by atoms with Crippen molar-refractivity contribution in [3.05, 3.63) is 24.0 Å². The van der Waals surface area contributed by atoms with Crippen LogP contribution in [-0.2, 0) is 11.3 Å². The van der Waals surface area contributed by atoms with E-state index < -0.39 is 0 Å². The average molecular weight is 235 g/mol. The van der Waals surface area contributed by atoms with Gasteiger partial charge in [0.15, 0.2) is 0 Å². The standard InChI is InChI=1S/C13H21N3O/c1-17-9-3-8-16-13(6-7-15-16)11-4-2-5-12(14)10-11/h6-7,10,12H,2-5,8-9,14H2,1H3. The molecule has 0 aromatic carbocycles. The number of nitrogens with two attached hydrogens (primary N) is 1. The molecule has 0 saturated carbocycles. The molecule has 2 N–H and O–H groups in total. The Kier molecular flexibility index (Phi) is 4.34. The van der Waals surface area contributed by atoms with Crippen LogP contribution >= 0.6 is 0 Å². The van der Waals surface area contributed by atoms with Crippen molar-refractivity contribution in [3.8, 4) is 0 Å². The molecule has 1 aliphatic carbocycles. The smallest absolute Gasteiger partial charge is 0.0639 e. The van der Waals surface area contributed by atoms with Gasteiger partial charge in [-0.1, -0.05) is 6.08 Å². The van der Waals surface area contributed by atoms with E-state index in [-0.39, 0.29) is 6.04 Å². The van der Waals surface area contributed by atoms with E-state index >= 15 is 0 Å². The Bertz CT molecular complexity index is 384. The molecule has 1 aromatic rings. The number of methoxy groups -OCH3 is 1. The highest BCUT2D eigenvalue weighted by Crippen LogP contribution is 2.26. The van der Waals surface area contributed by atoms with E-state index in [1.165, 1.54) is 17.7 Å². The maximum absolute atomic E-state index is 5.98. The number of aryl methyl sites for hydroxylation is 1. The predicted molar refractivity (Wildman–Crippen MR) is 68.5 cm³/mol. The van der Waals surface area contributed by atoms with Crippen LogP contribution in [0.25, 0.3) is 5.57 Å². The third kappa shape index (κ3) is 3.17. The van der Waals surface area contributed by atoms with Crippen LogP contribution in [0.4, 0.5) is 0 Å². The topological polar surface area (TPSA) is 53.1 Å². The first-order valence-corrected chi connectivity index (χ1v) is 6.28. The average Bonchev–Trinajstić information content (AvgIpc) is 2.78. The molecule has 0 spiro atoms. The minimum Gasteiger partial charge on any atom is -0.385 e. The van der Waals surface area contributed by atoms with E-state index in [9.17, 15) is 0 Å². The monoisotopic (exact) mass is 235 g/mol. The molecule has 1 unspecified atom stereocenters. The van der Waals surface area contributed by atoms with Gasteiger partial charge in [0.1, 0.15) is 0 Å². The predicted octanol–water partition coefficient (Wildman–Crippen LogP) is 1.81. The zero-order valence-electron chi connectivity index (χ0n) is 10.4. The van der Waals surface area contributed by atoms with Crippen molar-refractivity contribution in [2.75, 3.05) is 13.7 Å². The van der Waals surface area contributed by atoms with Crippen molar-refractivity contribution in [1.82, 2.24) is 9.78 Å². The van der Waals surface area contributed by atoms with Crippen LogP contribution < -0.4 is 5.73 Å². The van der Waals surface area contributed by atoms with Crippen molar-refractivity contribution in [1.29, 1.82) is 0 Å². The number of hydrogen-bond donors (Lipinski definition) is 1. The van der Waals surface area contributed by atoms with Gasteiger partial charge < -0.3 is 10.5 Å². The zero-order valence-corrected chi connectivity index (χ0v) is 10.4. The lowest BCUT2D eigenvalue weighted by Crippen LogP contribution is -2.20. The molecule has 0 aliphatic heterocycles. The van der Waals surface area contributed by atoms with Crippen molar-refractivity contribution in [3.63, 3.8) is 0 Å². The summed E-state index contributed by atoms with van der Waals surface area (Å²) in [5, 5.41) is 4.37. The van der Waals surface area contributed by atoms with Gasteiger partial charge in [0.25, 0.3) is 0 Å². The molecule has 2 rings (SSSR count). The second-order valence-corrected chi connectivity index (χ2v) is 4.53. The minimum atomic E-state index is 0.209. The van der Waals surface area contributed by atoms with Crippen molar-refractivity contribution >= 4 is 5.57 Å². The van der Waals surface area contributed by atoms with Crippen LogP contribution in [0, 0.1) is 0 Å². The summed E-state index contributed by atoms with van der Waals surface area (Å²) in [5.41, 5.74) is 8.54. The zero-order chi connectivity index (χ0) is 12.1. The molecule has 1 aromatic heterocycles.